The average molecular weight is 152 g/mol. The van der Waals surface area contributed by atoms with Crippen molar-refractivity contribution >= 4 is 5.84 Å². The maximum Gasteiger partial charge on any atom is 0.160 e. The lowest BCUT2D eigenvalue weighted by atomic mass is 10.1. The molecule has 0 amide bonds. The Hall–Kier alpha value is -1.50. The van der Waals surface area contributed by atoms with Crippen molar-refractivity contribution in [3.63, 3.8) is 0 Å². The molecule has 0 aliphatic carbocycles. The van der Waals surface area contributed by atoms with Gasteiger partial charge in [-0.25, -0.2) is 0 Å². The first-order valence-electron chi connectivity index (χ1n) is 3.30. The van der Waals surface area contributed by atoms with Crippen molar-refractivity contribution in [2.75, 3.05) is 0 Å². The van der Waals surface area contributed by atoms with Gasteiger partial charge in [0.1, 0.15) is 6.07 Å². The Morgan fingerprint density at radius 1 is 1.64 bits per heavy atom. The monoisotopic (exact) mass is 152 g/mol. The van der Waals surface area contributed by atoms with Gasteiger partial charge in [0, 0.05) is 0 Å². The first-order chi connectivity index (χ1) is 5.17. The number of nitriles is 1. The summed E-state index contributed by atoms with van der Waals surface area (Å²) in [6.07, 6.45) is 0.777. The second-order valence-corrected chi connectivity index (χ2v) is 2.14. The molecule has 4 N–H and O–H groups in total. The van der Waals surface area contributed by atoms with Crippen molar-refractivity contribution in [3.05, 3.63) is 11.1 Å². The molecule has 0 aromatic carbocycles. The van der Waals surface area contributed by atoms with Crippen LogP contribution in [0.2, 0.25) is 0 Å². The highest BCUT2D eigenvalue weighted by Crippen LogP contribution is 2.06. The topological polar surface area (TPSA) is 88.2 Å². The van der Waals surface area contributed by atoms with Gasteiger partial charge >= 0.3 is 0 Å². The van der Waals surface area contributed by atoms with Crippen molar-refractivity contribution in [3.8, 4) is 6.07 Å². The summed E-state index contributed by atoms with van der Waals surface area (Å²) in [5, 5.41) is 11.8. The van der Waals surface area contributed by atoms with Crippen molar-refractivity contribution in [2.45, 2.75) is 20.3 Å². The molecule has 4 nitrogen and oxygen atoms in total. The minimum Gasteiger partial charge on any atom is -0.381 e. The molecule has 0 bridgehead atoms. The van der Waals surface area contributed by atoms with Gasteiger partial charge in [-0.05, 0) is 13.3 Å². The Labute approximate surface area is 66.2 Å². The largest absolute Gasteiger partial charge is 0.381 e. The highest BCUT2D eigenvalue weighted by atomic mass is 15.2. The summed E-state index contributed by atoms with van der Waals surface area (Å²) in [4.78, 5) is 0. The van der Waals surface area contributed by atoms with Crippen LogP contribution in [0.25, 0.3) is 0 Å². The van der Waals surface area contributed by atoms with E-state index in [1.54, 1.807) is 0 Å². The number of amidine groups is 1. The Bertz CT molecular complexity index is 231. The van der Waals surface area contributed by atoms with Crippen LogP contribution in [0.3, 0.4) is 0 Å². The molecule has 0 saturated heterocycles. The van der Waals surface area contributed by atoms with Gasteiger partial charge < -0.3 is 11.6 Å². The van der Waals surface area contributed by atoms with Crippen LogP contribution in [-0.4, -0.2) is 5.84 Å². The van der Waals surface area contributed by atoms with Crippen LogP contribution in [0, 0.1) is 11.3 Å². The van der Waals surface area contributed by atoms with Crippen LogP contribution < -0.4 is 11.6 Å². The zero-order chi connectivity index (χ0) is 8.85. The molecule has 0 spiro atoms. The predicted molar refractivity (Wildman–Crippen MR) is 44.4 cm³/mol. The van der Waals surface area contributed by atoms with Crippen molar-refractivity contribution in [1.29, 1.82) is 5.26 Å². The fourth-order valence-electron chi connectivity index (χ4n) is 0.613. The van der Waals surface area contributed by atoms with Crippen LogP contribution in [0.1, 0.15) is 20.3 Å². The Morgan fingerprint density at radius 3 is 2.45 bits per heavy atom. The summed E-state index contributed by atoms with van der Waals surface area (Å²) in [6.45, 7) is 3.77. The summed E-state index contributed by atoms with van der Waals surface area (Å²) < 4.78 is 0. The molecule has 0 aromatic heterocycles. The van der Waals surface area contributed by atoms with Gasteiger partial charge in [-0.15, -0.1) is 0 Å². The van der Waals surface area contributed by atoms with E-state index in [-0.39, 0.29) is 5.84 Å². The second kappa shape index (κ2) is 4.34. The molecule has 0 heterocycles. The fourth-order valence-corrected chi connectivity index (χ4v) is 0.613. The number of hydrogen-bond donors (Lipinski definition) is 2. The maximum atomic E-state index is 8.60. The third-order valence-electron chi connectivity index (χ3n) is 1.46. The van der Waals surface area contributed by atoms with Crippen molar-refractivity contribution < 1.29 is 0 Å². The number of hydrazone groups is 1. The van der Waals surface area contributed by atoms with Gasteiger partial charge in [0.15, 0.2) is 5.84 Å². The molecule has 0 aliphatic rings. The average Bonchev–Trinajstić information content (AvgIpc) is 2.05. The maximum absolute atomic E-state index is 8.60. The van der Waals surface area contributed by atoms with Crippen LogP contribution in [0.5, 0.6) is 0 Å². The Kier molecular flexibility index (Phi) is 3.75. The highest BCUT2D eigenvalue weighted by Gasteiger charge is 2.03. The number of allylic oxidation sites excluding steroid dienone is 1. The number of nitrogens with two attached hydrogens (primary N) is 2. The third kappa shape index (κ3) is 2.30. The molecule has 0 aliphatic heterocycles. The molecule has 0 rings (SSSR count). The molecule has 0 saturated carbocycles. The quantitative estimate of drug-likeness (QED) is 0.198. The lowest BCUT2D eigenvalue weighted by Crippen LogP contribution is -2.17. The lowest BCUT2D eigenvalue weighted by Gasteiger charge is -1.99. The first-order valence-corrected chi connectivity index (χ1v) is 3.30. The molecule has 0 unspecified atom stereocenters. The van der Waals surface area contributed by atoms with E-state index in [9.17, 15) is 0 Å². The Balaban J connectivity index is 4.85. The third-order valence-corrected chi connectivity index (χ3v) is 1.46. The lowest BCUT2D eigenvalue weighted by molar-refractivity contribution is 1.08. The van der Waals surface area contributed by atoms with Crippen LogP contribution >= 0.6 is 0 Å². The van der Waals surface area contributed by atoms with Gasteiger partial charge in [-0.3, -0.25) is 0 Å². The van der Waals surface area contributed by atoms with Gasteiger partial charge in [-0.1, -0.05) is 12.5 Å². The summed E-state index contributed by atoms with van der Waals surface area (Å²) in [6, 6.07) is 1.95. The van der Waals surface area contributed by atoms with Crippen LogP contribution in [-0.2, 0) is 0 Å². The molecular formula is C7H12N4. The first kappa shape index (κ1) is 9.50. The smallest absolute Gasteiger partial charge is 0.160 e. The molecule has 0 radical (unpaired) electrons. The zero-order valence-electron chi connectivity index (χ0n) is 6.76. The second-order valence-electron chi connectivity index (χ2n) is 2.14. The molecule has 0 aromatic rings. The molecule has 11 heavy (non-hydrogen) atoms. The fraction of sp³-hybridized carbons (Fsp3) is 0.429. The van der Waals surface area contributed by atoms with Crippen LogP contribution in [0.4, 0.5) is 0 Å². The summed E-state index contributed by atoms with van der Waals surface area (Å²) in [5.74, 6) is 5.02. The van der Waals surface area contributed by atoms with Gasteiger partial charge in [-0.2, -0.15) is 10.4 Å². The van der Waals surface area contributed by atoms with E-state index < -0.39 is 0 Å². The zero-order valence-corrected chi connectivity index (χ0v) is 6.76. The van der Waals surface area contributed by atoms with E-state index in [1.165, 1.54) is 0 Å². The van der Waals surface area contributed by atoms with E-state index in [1.807, 2.05) is 19.9 Å². The molecular weight excluding hydrogens is 140 g/mol. The van der Waals surface area contributed by atoms with E-state index in [2.05, 4.69) is 5.10 Å². The summed E-state index contributed by atoms with van der Waals surface area (Å²) >= 11 is 0. The van der Waals surface area contributed by atoms with E-state index in [4.69, 9.17) is 16.8 Å². The SMILES string of the molecule is CC/C(C)=C(C#N)/C(N)=N\N. The van der Waals surface area contributed by atoms with Crippen LogP contribution in [0.15, 0.2) is 16.2 Å². The number of nitrogens with zero attached hydrogens (tertiary/aromatic N) is 2. The van der Waals surface area contributed by atoms with Gasteiger partial charge in [0.2, 0.25) is 0 Å². The number of hydrogen-bond acceptors (Lipinski definition) is 3. The van der Waals surface area contributed by atoms with E-state index >= 15 is 0 Å². The minimum atomic E-state index is 0.104. The molecule has 0 atom stereocenters. The van der Waals surface area contributed by atoms with Gasteiger partial charge in [0.25, 0.3) is 0 Å². The van der Waals surface area contributed by atoms with E-state index in [0.29, 0.717) is 5.57 Å². The van der Waals surface area contributed by atoms with Crippen molar-refractivity contribution in [2.24, 2.45) is 16.7 Å². The molecule has 0 fully saturated rings. The minimum absolute atomic E-state index is 0.104. The summed E-state index contributed by atoms with van der Waals surface area (Å²) in [7, 11) is 0. The van der Waals surface area contributed by atoms with Crippen molar-refractivity contribution in [1.82, 2.24) is 0 Å². The molecule has 4 heteroatoms. The predicted octanol–water partition coefficient (Wildman–Crippen LogP) is 0.467. The van der Waals surface area contributed by atoms with Gasteiger partial charge in [0.05, 0.1) is 5.57 Å². The summed E-state index contributed by atoms with van der Waals surface area (Å²) in [5.41, 5.74) is 6.64. The molecule has 60 valence electrons. The number of rotatable bonds is 2. The van der Waals surface area contributed by atoms with E-state index in [0.717, 1.165) is 12.0 Å². The normalized spacial score (nSPS) is 13.7. The Morgan fingerprint density at radius 2 is 2.18 bits per heavy atom. The standard InChI is InChI=1S/C7H12N4/c1-3-5(2)6(4-8)7(9)11-10/h3,10H2,1-2H3,(H2,9,11)/b6-5+. The highest BCUT2D eigenvalue weighted by molar-refractivity contribution is 6.00.